The minimum absolute atomic E-state index is 0.181. The lowest BCUT2D eigenvalue weighted by Crippen LogP contribution is -2.16. The van der Waals surface area contributed by atoms with Crippen LogP contribution in [0.5, 0.6) is 0 Å². The lowest BCUT2D eigenvalue weighted by Gasteiger charge is -2.17. The first-order chi connectivity index (χ1) is 7.45. The fraction of sp³-hybridized carbons (Fsp3) is 0.643. The lowest BCUT2D eigenvalue weighted by molar-refractivity contribution is -0.139. The van der Waals surface area contributed by atoms with Gasteiger partial charge in [-0.1, -0.05) is 39.8 Å². The molecule has 0 amide bonds. The Hall–Kier alpha value is -1.05. The van der Waals surface area contributed by atoms with Gasteiger partial charge in [0.05, 0.1) is 6.61 Å². The van der Waals surface area contributed by atoms with Crippen molar-refractivity contribution in [3.8, 4) is 0 Å². The van der Waals surface area contributed by atoms with Crippen molar-refractivity contribution in [3.63, 3.8) is 0 Å². The smallest absolute Gasteiger partial charge is 0.334 e. The third kappa shape index (κ3) is 4.21. The van der Waals surface area contributed by atoms with Crippen molar-refractivity contribution in [3.05, 3.63) is 23.3 Å². The second-order valence-electron chi connectivity index (χ2n) is 4.40. The molecule has 92 valence electrons. The minimum atomic E-state index is -0.181. The van der Waals surface area contributed by atoms with E-state index in [2.05, 4.69) is 13.8 Å². The standard InChI is InChI=1S/C14H24O2/c1-7-9-12(10(3)4)13(11(5)6)14(15)16-8-2/h7,9-11H,8H2,1-6H3. The molecule has 0 aliphatic rings. The number of hydrogen-bond donors (Lipinski definition) is 0. The summed E-state index contributed by atoms with van der Waals surface area (Å²) >= 11 is 0. The molecular formula is C14H24O2. The Kier molecular flexibility index (Phi) is 6.78. The molecular weight excluding hydrogens is 200 g/mol. The highest BCUT2D eigenvalue weighted by Gasteiger charge is 2.20. The Morgan fingerprint density at radius 2 is 1.75 bits per heavy atom. The Morgan fingerprint density at radius 1 is 1.19 bits per heavy atom. The molecule has 0 saturated heterocycles. The first kappa shape index (κ1) is 14.9. The Labute approximate surface area is 99.4 Å². The number of carbonyl (C=O) groups excluding carboxylic acids is 1. The summed E-state index contributed by atoms with van der Waals surface area (Å²) in [6.07, 6.45) is 3.98. The van der Waals surface area contributed by atoms with Crippen LogP contribution in [0.3, 0.4) is 0 Å². The summed E-state index contributed by atoms with van der Waals surface area (Å²) in [7, 11) is 0. The van der Waals surface area contributed by atoms with Crippen LogP contribution in [0.4, 0.5) is 0 Å². The first-order valence-corrected chi connectivity index (χ1v) is 5.99. The molecule has 2 nitrogen and oxygen atoms in total. The molecule has 0 aromatic carbocycles. The molecule has 0 aliphatic carbocycles. The molecule has 16 heavy (non-hydrogen) atoms. The molecule has 0 heterocycles. The highest BCUT2D eigenvalue weighted by Crippen LogP contribution is 2.23. The summed E-state index contributed by atoms with van der Waals surface area (Å²) in [6.45, 7) is 12.5. The maximum Gasteiger partial charge on any atom is 0.334 e. The molecule has 0 bridgehead atoms. The first-order valence-electron chi connectivity index (χ1n) is 5.99. The van der Waals surface area contributed by atoms with Crippen molar-refractivity contribution in [2.75, 3.05) is 6.61 Å². The molecule has 0 saturated carbocycles. The summed E-state index contributed by atoms with van der Waals surface area (Å²) in [5.41, 5.74) is 1.88. The molecule has 0 rings (SSSR count). The summed E-state index contributed by atoms with van der Waals surface area (Å²) < 4.78 is 5.11. The molecule has 0 radical (unpaired) electrons. The minimum Gasteiger partial charge on any atom is -0.463 e. The Morgan fingerprint density at radius 3 is 2.06 bits per heavy atom. The van der Waals surface area contributed by atoms with Crippen LogP contribution in [-0.4, -0.2) is 12.6 Å². The van der Waals surface area contributed by atoms with E-state index in [1.165, 1.54) is 0 Å². The molecule has 0 N–H and O–H groups in total. The molecule has 0 atom stereocenters. The number of ether oxygens (including phenoxy) is 1. The van der Waals surface area contributed by atoms with Crippen molar-refractivity contribution in [1.29, 1.82) is 0 Å². The van der Waals surface area contributed by atoms with Crippen molar-refractivity contribution >= 4 is 5.97 Å². The monoisotopic (exact) mass is 224 g/mol. The number of esters is 1. The van der Waals surface area contributed by atoms with Gasteiger partial charge in [-0.15, -0.1) is 0 Å². The van der Waals surface area contributed by atoms with Crippen LogP contribution in [0.1, 0.15) is 41.5 Å². The van der Waals surface area contributed by atoms with E-state index in [9.17, 15) is 4.79 Å². The number of hydrogen-bond acceptors (Lipinski definition) is 2. The normalized spacial score (nSPS) is 13.5. The second-order valence-corrected chi connectivity index (χ2v) is 4.40. The van der Waals surface area contributed by atoms with Gasteiger partial charge in [-0.3, -0.25) is 0 Å². The van der Waals surface area contributed by atoms with E-state index in [0.29, 0.717) is 12.5 Å². The van der Waals surface area contributed by atoms with Gasteiger partial charge in [-0.2, -0.15) is 0 Å². The molecule has 2 heteroatoms. The third-order valence-electron chi connectivity index (χ3n) is 2.35. The fourth-order valence-corrected chi connectivity index (χ4v) is 1.67. The predicted molar refractivity (Wildman–Crippen MR) is 68.1 cm³/mol. The van der Waals surface area contributed by atoms with Crippen LogP contribution in [0.15, 0.2) is 23.3 Å². The molecule has 0 fully saturated rings. The van der Waals surface area contributed by atoms with Crippen LogP contribution in [0, 0.1) is 11.8 Å². The van der Waals surface area contributed by atoms with Gasteiger partial charge in [0.2, 0.25) is 0 Å². The zero-order chi connectivity index (χ0) is 12.7. The molecule has 0 unspecified atom stereocenters. The van der Waals surface area contributed by atoms with E-state index in [0.717, 1.165) is 11.1 Å². The average molecular weight is 224 g/mol. The van der Waals surface area contributed by atoms with Gasteiger partial charge >= 0.3 is 5.97 Å². The quantitative estimate of drug-likeness (QED) is 0.404. The van der Waals surface area contributed by atoms with Gasteiger partial charge in [-0.05, 0) is 31.3 Å². The zero-order valence-electron chi connectivity index (χ0n) is 11.3. The van der Waals surface area contributed by atoms with Gasteiger partial charge in [0.15, 0.2) is 0 Å². The van der Waals surface area contributed by atoms with Gasteiger partial charge < -0.3 is 4.74 Å². The van der Waals surface area contributed by atoms with Gasteiger partial charge in [-0.25, -0.2) is 4.79 Å². The van der Waals surface area contributed by atoms with Crippen LogP contribution >= 0.6 is 0 Å². The number of rotatable bonds is 5. The highest BCUT2D eigenvalue weighted by atomic mass is 16.5. The summed E-state index contributed by atoms with van der Waals surface area (Å²) in [5.74, 6) is 0.338. The van der Waals surface area contributed by atoms with Crippen LogP contribution in [0.25, 0.3) is 0 Å². The second kappa shape index (κ2) is 7.26. The molecule has 0 aromatic heterocycles. The van der Waals surface area contributed by atoms with Crippen molar-refractivity contribution < 1.29 is 9.53 Å². The van der Waals surface area contributed by atoms with E-state index in [4.69, 9.17) is 4.74 Å². The van der Waals surface area contributed by atoms with Gasteiger partial charge in [0.25, 0.3) is 0 Å². The topological polar surface area (TPSA) is 26.3 Å². The Balaban J connectivity index is 5.39. The Bertz CT molecular complexity index is 283. The summed E-state index contributed by atoms with van der Waals surface area (Å²) in [4.78, 5) is 11.9. The fourth-order valence-electron chi connectivity index (χ4n) is 1.67. The molecule has 0 aliphatic heterocycles. The van der Waals surface area contributed by atoms with Crippen LogP contribution in [-0.2, 0) is 9.53 Å². The van der Waals surface area contributed by atoms with E-state index < -0.39 is 0 Å². The maximum atomic E-state index is 11.9. The predicted octanol–water partition coefficient (Wildman–Crippen LogP) is 3.73. The van der Waals surface area contributed by atoms with Crippen molar-refractivity contribution in [1.82, 2.24) is 0 Å². The van der Waals surface area contributed by atoms with Crippen LogP contribution < -0.4 is 0 Å². The third-order valence-corrected chi connectivity index (χ3v) is 2.35. The molecule has 0 spiro atoms. The number of allylic oxidation sites excluding steroid dienone is 3. The lowest BCUT2D eigenvalue weighted by atomic mass is 9.90. The highest BCUT2D eigenvalue weighted by molar-refractivity contribution is 5.90. The van der Waals surface area contributed by atoms with E-state index in [1.807, 2.05) is 39.8 Å². The number of carbonyl (C=O) groups is 1. The van der Waals surface area contributed by atoms with E-state index in [1.54, 1.807) is 0 Å². The summed E-state index contributed by atoms with van der Waals surface area (Å²) in [6, 6.07) is 0. The van der Waals surface area contributed by atoms with Crippen molar-refractivity contribution in [2.24, 2.45) is 11.8 Å². The largest absolute Gasteiger partial charge is 0.463 e. The SMILES string of the molecule is CC=CC(=C(C(=O)OCC)C(C)C)C(C)C. The average Bonchev–Trinajstić information content (AvgIpc) is 2.16. The molecule has 0 aromatic rings. The van der Waals surface area contributed by atoms with Crippen molar-refractivity contribution in [2.45, 2.75) is 41.5 Å². The van der Waals surface area contributed by atoms with Gasteiger partial charge in [0, 0.05) is 5.57 Å². The van der Waals surface area contributed by atoms with Gasteiger partial charge in [0.1, 0.15) is 0 Å². The zero-order valence-corrected chi connectivity index (χ0v) is 11.3. The van der Waals surface area contributed by atoms with Crippen LogP contribution in [0.2, 0.25) is 0 Å². The van der Waals surface area contributed by atoms with E-state index >= 15 is 0 Å². The maximum absolute atomic E-state index is 11.9. The summed E-state index contributed by atoms with van der Waals surface area (Å²) in [5, 5.41) is 0. The van der Waals surface area contributed by atoms with E-state index in [-0.39, 0.29) is 11.9 Å².